The number of ether oxygens (including phenoxy) is 1. The highest BCUT2D eigenvalue weighted by molar-refractivity contribution is 5.00. The van der Waals surface area contributed by atoms with Crippen LogP contribution in [-0.4, -0.2) is 24.3 Å². The highest BCUT2D eigenvalue weighted by Gasteiger charge is 2.32. The van der Waals surface area contributed by atoms with Crippen molar-refractivity contribution in [3.63, 3.8) is 0 Å². The molecule has 3 atom stereocenters. The molecule has 1 aliphatic rings. The molecule has 2 nitrogen and oxygen atoms in total. The van der Waals surface area contributed by atoms with Crippen molar-refractivity contribution in [2.24, 2.45) is 0 Å². The van der Waals surface area contributed by atoms with Crippen molar-refractivity contribution in [1.82, 2.24) is 5.32 Å². The average Bonchev–Trinajstić information content (AvgIpc) is 2.29. The summed E-state index contributed by atoms with van der Waals surface area (Å²) in [5.74, 6) is 2.84. The molecule has 3 unspecified atom stereocenters. The molecular formula is C14H25NO. The lowest BCUT2D eigenvalue weighted by Crippen LogP contribution is -2.47. The van der Waals surface area contributed by atoms with E-state index in [1.54, 1.807) is 0 Å². The lowest BCUT2D eigenvalue weighted by molar-refractivity contribution is -0.0785. The van der Waals surface area contributed by atoms with Gasteiger partial charge in [0.15, 0.2) is 0 Å². The van der Waals surface area contributed by atoms with Crippen molar-refractivity contribution >= 4 is 0 Å². The van der Waals surface area contributed by atoms with Crippen LogP contribution in [0.2, 0.25) is 0 Å². The van der Waals surface area contributed by atoms with Gasteiger partial charge in [0.1, 0.15) is 0 Å². The topological polar surface area (TPSA) is 21.3 Å². The summed E-state index contributed by atoms with van der Waals surface area (Å²) in [5, 5.41) is 3.58. The van der Waals surface area contributed by atoms with E-state index in [0.29, 0.717) is 6.04 Å². The normalized spacial score (nSPS) is 32.0. The van der Waals surface area contributed by atoms with Crippen LogP contribution in [0.1, 0.15) is 52.9 Å². The third kappa shape index (κ3) is 3.81. The largest absolute Gasteiger partial charge is 0.375 e. The number of hydrogen-bond donors (Lipinski definition) is 1. The molecule has 0 aromatic carbocycles. The molecule has 1 aliphatic heterocycles. The summed E-state index contributed by atoms with van der Waals surface area (Å²) >= 11 is 0. The first-order valence-corrected chi connectivity index (χ1v) is 6.49. The third-order valence-corrected chi connectivity index (χ3v) is 3.56. The minimum absolute atomic E-state index is 0.0429. The van der Waals surface area contributed by atoms with Gasteiger partial charge in [-0.25, -0.2) is 0 Å². The Morgan fingerprint density at radius 2 is 2.31 bits per heavy atom. The molecule has 1 fully saturated rings. The Bertz CT molecular complexity index is 246. The van der Waals surface area contributed by atoms with E-state index >= 15 is 0 Å². The van der Waals surface area contributed by atoms with E-state index in [1.807, 2.05) is 0 Å². The van der Waals surface area contributed by atoms with Gasteiger partial charge >= 0.3 is 0 Å². The van der Waals surface area contributed by atoms with E-state index in [1.165, 1.54) is 0 Å². The summed E-state index contributed by atoms with van der Waals surface area (Å²) in [6, 6.07) is 0.750. The molecule has 2 heteroatoms. The van der Waals surface area contributed by atoms with Gasteiger partial charge in [-0.05, 0) is 32.6 Å². The molecule has 1 N–H and O–H groups in total. The first kappa shape index (κ1) is 13.5. The molecule has 92 valence electrons. The molecule has 0 aromatic rings. The molecule has 0 aromatic heterocycles. The van der Waals surface area contributed by atoms with Crippen LogP contribution in [0.3, 0.4) is 0 Å². The van der Waals surface area contributed by atoms with Crippen LogP contribution >= 0.6 is 0 Å². The molecule has 16 heavy (non-hydrogen) atoms. The Morgan fingerprint density at radius 1 is 1.56 bits per heavy atom. The van der Waals surface area contributed by atoms with E-state index in [9.17, 15) is 0 Å². The van der Waals surface area contributed by atoms with E-state index in [-0.39, 0.29) is 11.6 Å². The number of rotatable bonds is 5. The third-order valence-electron chi connectivity index (χ3n) is 3.56. The van der Waals surface area contributed by atoms with Crippen LogP contribution in [0.5, 0.6) is 0 Å². The number of nitrogens with one attached hydrogen (secondary N) is 1. The molecule has 0 amide bonds. The maximum absolute atomic E-state index is 5.83. The summed E-state index contributed by atoms with van der Waals surface area (Å²) in [5.41, 5.74) is 0.0429. The number of terminal acetylenes is 1. The SMILES string of the molecule is C#CC(CCC)NC1CCOC(C)(CC)C1. The lowest BCUT2D eigenvalue weighted by Gasteiger charge is -2.39. The summed E-state index contributed by atoms with van der Waals surface area (Å²) in [6.07, 6.45) is 11.0. The summed E-state index contributed by atoms with van der Waals surface area (Å²) in [4.78, 5) is 0. The van der Waals surface area contributed by atoms with Crippen LogP contribution in [0.15, 0.2) is 0 Å². The molecule has 1 saturated heterocycles. The van der Waals surface area contributed by atoms with Gasteiger partial charge in [0.25, 0.3) is 0 Å². The van der Waals surface area contributed by atoms with Gasteiger partial charge in [-0.15, -0.1) is 6.42 Å². The highest BCUT2D eigenvalue weighted by atomic mass is 16.5. The second-order valence-electron chi connectivity index (χ2n) is 5.02. The molecular weight excluding hydrogens is 198 g/mol. The first-order chi connectivity index (χ1) is 7.63. The fourth-order valence-corrected chi connectivity index (χ4v) is 2.31. The van der Waals surface area contributed by atoms with E-state index in [4.69, 9.17) is 11.2 Å². The van der Waals surface area contributed by atoms with Crippen molar-refractivity contribution in [2.75, 3.05) is 6.61 Å². The van der Waals surface area contributed by atoms with Gasteiger partial charge in [0.2, 0.25) is 0 Å². The van der Waals surface area contributed by atoms with Crippen LogP contribution in [0, 0.1) is 12.3 Å². The van der Waals surface area contributed by atoms with Gasteiger partial charge in [0, 0.05) is 12.6 Å². The van der Waals surface area contributed by atoms with Crippen LogP contribution in [0.4, 0.5) is 0 Å². The van der Waals surface area contributed by atoms with Gasteiger partial charge < -0.3 is 10.1 Å². The fraction of sp³-hybridized carbons (Fsp3) is 0.857. The first-order valence-electron chi connectivity index (χ1n) is 6.49. The smallest absolute Gasteiger partial charge is 0.0689 e. The summed E-state index contributed by atoms with van der Waals surface area (Å²) < 4.78 is 5.83. The minimum atomic E-state index is 0.0429. The molecule has 0 spiro atoms. The quantitative estimate of drug-likeness (QED) is 0.724. The zero-order valence-electron chi connectivity index (χ0n) is 10.9. The van der Waals surface area contributed by atoms with Crippen LogP contribution in [0.25, 0.3) is 0 Å². The van der Waals surface area contributed by atoms with Crippen LogP contribution in [-0.2, 0) is 4.74 Å². The second-order valence-corrected chi connectivity index (χ2v) is 5.02. The van der Waals surface area contributed by atoms with Gasteiger partial charge in [-0.2, -0.15) is 0 Å². The molecule has 1 heterocycles. The van der Waals surface area contributed by atoms with Crippen molar-refractivity contribution in [1.29, 1.82) is 0 Å². The highest BCUT2D eigenvalue weighted by Crippen LogP contribution is 2.27. The van der Waals surface area contributed by atoms with Gasteiger partial charge in [-0.1, -0.05) is 26.2 Å². The summed E-state index contributed by atoms with van der Waals surface area (Å²) in [7, 11) is 0. The van der Waals surface area contributed by atoms with Crippen molar-refractivity contribution < 1.29 is 4.74 Å². The minimum Gasteiger partial charge on any atom is -0.375 e. The van der Waals surface area contributed by atoms with E-state index < -0.39 is 0 Å². The second kappa shape index (κ2) is 6.27. The van der Waals surface area contributed by atoms with Crippen molar-refractivity contribution in [3.8, 4) is 12.3 Å². The van der Waals surface area contributed by atoms with Crippen molar-refractivity contribution in [2.45, 2.75) is 70.6 Å². The zero-order valence-corrected chi connectivity index (χ0v) is 10.9. The zero-order chi connectivity index (χ0) is 12.0. The monoisotopic (exact) mass is 223 g/mol. The maximum atomic E-state index is 5.83. The lowest BCUT2D eigenvalue weighted by atomic mass is 9.89. The Labute approximate surface area is 100 Å². The predicted octanol–water partition coefficient (Wildman–Crippen LogP) is 2.73. The molecule has 1 rings (SSSR count). The molecule has 0 radical (unpaired) electrons. The summed E-state index contributed by atoms with van der Waals surface area (Å²) in [6.45, 7) is 7.41. The Kier molecular flexibility index (Phi) is 5.31. The standard InChI is InChI=1S/C14H25NO/c1-5-8-12(6-2)15-13-9-10-16-14(4,7-3)11-13/h2,12-13,15H,5,7-11H2,1,3-4H3. The molecule has 0 aliphatic carbocycles. The maximum Gasteiger partial charge on any atom is 0.0689 e. The molecule has 0 bridgehead atoms. The predicted molar refractivity (Wildman–Crippen MR) is 68.3 cm³/mol. The van der Waals surface area contributed by atoms with Gasteiger partial charge in [0.05, 0.1) is 11.6 Å². The average molecular weight is 223 g/mol. The fourth-order valence-electron chi connectivity index (χ4n) is 2.31. The Morgan fingerprint density at radius 3 is 2.88 bits per heavy atom. The van der Waals surface area contributed by atoms with Crippen LogP contribution < -0.4 is 5.32 Å². The van der Waals surface area contributed by atoms with Gasteiger partial charge in [-0.3, -0.25) is 0 Å². The van der Waals surface area contributed by atoms with E-state index in [0.717, 1.165) is 38.7 Å². The Hall–Kier alpha value is -0.520. The molecule has 0 saturated carbocycles. The van der Waals surface area contributed by atoms with Crippen molar-refractivity contribution in [3.05, 3.63) is 0 Å². The van der Waals surface area contributed by atoms with E-state index in [2.05, 4.69) is 32.0 Å². The Balaban J connectivity index is 2.45. The number of hydrogen-bond acceptors (Lipinski definition) is 2.